The van der Waals surface area contributed by atoms with E-state index >= 15 is 0 Å². The summed E-state index contributed by atoms with van der Waals surface area (Å²) in [5.74, 6) is 0.712. The fourth-order valence-corrected chi connectivity index (χ4v) is 0.440. The van der Waals surface area contributed by atoms with Crippen LogP contribution in [0.3, 0.4) is 0 Å². The van der Waals surface area contributed by atoms with E-state index in [9.17, 15) is 0 Å². The molecule has 1 radical (unpaired) electrons. The molecule has 0 bridgehead atoms. The van der Waals surface area contributed by atoms with Gasteiger partial charge in [-0.1, -0.05) is 13.8 Å². The van der Waals surface area contributed by atoms with E-state index in [2.05, 4.69) is 13.8 Å². The van der Waals surface area contributed by atoms with Gasteiger partial charge in [0.25, 0.3) is 0 Å². The normalized spacial score (nSPS) is 11.3. The van der Waals surface area contributed by atoms with E-state index in [1.54, 1.807) is 0 Å². The molecule has 0 spiro atoms. The topological polar surface area (TPSA) is 9.23 Å². The van der Waals surface area contributed by atoms with Gasteiger partial charge >= 0.3 is 0 Å². The van der Waals surface area contributed by atoms with Crippen molar-refractivity contribution < 1.29 is 4.74 Å². The lowest BCUT2D eigenvalue weighted by molar-refractivity contribution is 0.125. The minimum absolute atomic E-state index is 0.337. The molecule has 55 valence electrons. The molecule has 0 aliphatic rings. The van der Waals surface area contributed by atoms with Crippen LogP contribution in [0.1, 0.15) is 34.1 Å². The molecule has 0 aromatic carbocycles. The molecule has 0 amide bonds. The van der Waals surface area contributed by atoms with Crippen LogP contribution >= 0.6 is 0 Å². The molecule has 9 heavy (non-hydrogen) atoms. The third kappa shape index (κ3) is 7.96. The molecule has 0 aromatic heterocycles. The smallest absolute Gasteiger partial charge is 0.0842 e. The van der Waals surface area contributed by atoms with E-state index in [0.717, 1.165) is 6.42 Å². The molecule has 0 atom stereocenters. The van der Waals surface area contributed by atoms with Crippen LogP contribution in [0, 0.1) is 12.5 Å². The standard InChI is InChI=1S/C8H17O/c1-7(2)5-6-9-8(3)4/h6-8H,5H2,1-4H3. The van der Waals surface area contributed by atoms with Gasteiger partial charge in [0.15, 0.2) is 0 Å². The van der Waals surface area contributed by atoms with Gasteiger partial charge in [0.05, 0.1) is 12.7 Å². The van der Waals surface area contributed by atoms with E-state index in [0.29, 0.717) is 12.0 Å². The highest BCUT2D eigenvalue weighted by molar-refractivity contribution is 4.55. The van der Waals surface area contributed by atoms with Gasteiger partial charge in [0.2, 0.25) is 0 Å². The third-order valence-electron chi connectivity index (χ3n) is 0.936. The Labute approximate surface area is 58.4 Å². The Bertz CT molecular complexity index is 49.6. The van der Waals surface area contributed by atoms with Gasteiger partial charge in [0, 0.05) is 0 Å². The Morgan fingerprint density at radius 1 is 1.22 bits per heavy atom. The lowest BCUT2D eigenvalue weighted by Crippen LogP contribution is -2.00. The van der Waals surface area contributed by atoms with Gasteiger partial charge in [-0.05, 0) is 26.2 Å². The van der Waals surface area contributed by atoms with Crippen LogP contribution < -0.4 is 0 Å². The van der Waals surface area contributed by atoms with Crippen molar-refractivity contribution in [2.45, 2.75) is 40.2 Å². The average Bonchev–Trinajstić information content (AvgIpc) is 1.63. The van der Waals surface area contributed by atoms with Crippen molar-refractivity contribution in [2.24, 2.45) is 5.92 Å². The Morgan fingerprint density at radius 2 is 1.78 bits per heavy atom. The Hall–Kier alpha value is -0.0400. The first-order valence-corrected chi connectivity index (χ1v) is 3.60. The molecule has 0 N–H and O–H groups in total. The Kier molecular flexibility index (Phi) is 4.78. The third-order valence-corrected chi connectivity index (χ3v) is 0.936. The molecule has 1 nitrogen and oxygen atoms in total. The summed E-state index contributed by atoms with van der Waals surface area (Å²) in [4.78, 5) is 0. The first-order valence-electron chi connectivity index (χ1n) is 3.60. The molecular formula is C8H17O. The summed E-state index contributed by atoms with van der Waals surface area (Å²) >= 11 is 0. The van der Waals surface area contributed by atoms with Crippen LogP contribution in [0.5, 0.6) is 0 Å². The van der Waals surface area contributed by atoms with Crippen molar-refractivity contribution in [2.75, 3.05) is 0 Å². The molecule has 0 heterocycles. The summed E-state index contributed by atoms with van der Waals surface area (Å²) in [6.45, 7) is 10.3. The lowest BCUT2D eigenvalue weighted by atomic mass is 10.1. The average molecular weight is 129 g/mol. The van der Waals surface area contributed by atoms with Gasteiger partial charge in [-0.3, -0.25) is 0 Å². The minimum Gasteiger partial charge on any atom is -0.373 e. The van der Waals surface area contributed by atoms with Crippen molar-refractivity contribution in [1.82, 2.24) is 0 Å². The SMILES string of the molecule is CC(C)C[CH]OC(C)C. The zero-order valence-electron chi connectivity index (χ0n) is 6.85. The van der Waals surface area contributed by atoms with Crippen molar-refractivity contribution in [3.63, 3.8) is 0 Å². The van der Waals surface area contributed by atoms with Crippen LogP contribution in [-0.4, -0.2) is 6.10 Å². The lowest BCUT2D eigenvalue weighted by Gasteiger charge is -2.07. The number of hydrogen-bond donors (Lipinski definition) is 0. The predicted octanol–water partition coefficient (Wildman–Crippen LogP) is 2.62. The van der Waals surface area contributed by atoms with E-state index in [4.69, 9.17) is 4.74 Å². The van der Waals surface area contributed by atoms with Crippen LogP contribution in [-0.2, 0) is 4.74 Å². The molecule has 1 heteroatoms. The monoisotopic (exact) mass is 129 g/mol. The molecule has 0 unspecified atom stereocenters. The number of ether oxygens (including phenoxy) is 1. The summed E-state index contributed by atoms with van der Waals surface area (Å²) in [6.07, 6.45) is 1.39. The van der Waals surface area contributed by atoms with Gasteiger partial charge in [-0.25, -0.2) is 0 Å². The fraction of sp³-hybridized carbons (Fsp3) is 0.875. The first-order chi connectivity index (χ1) is 4.13. The molecule has 0 saturated carbocycles. The highest BCUT2D eigenvalue weighted by atomic mass is 16.5. The van der Waals surface area contributed by atoms with E-state index in [-0.39, 0.29) is 0 Å². The quantitative estimate of drug-likeness (QED) is 0.567. The summed E-state index contributed by atoms with van der Waals surface area (Å²) in [5, 5.41) is 0. The Balaban J connectivity index is 2.91. The summed E-state index contributed by atoms with van der Waals surface area (Å²) in [5.41, 5.74) is 0. The number of hydrogen-bond acceptors (Lipinski definition) is 1. The minimum atomic E-state index is 0.337. The first kappa shape index (κ1) is 8.96. The predicted molar refractivity (Wildman–Crippen MR) is 40.0 cm³/mol. The van der Waals surface area contributed by atoms with Gasteiger partial charge in [-0.2, -0.15) is 0 Å². The second kappa shape index (κ2) is 4.80. The van der Waals surface area contributed by atoms with Crippen LogP contribution in [0.25, 0.3) is 0 Å². The van der Waals surface area contributed by atoms with Crippen LogP contribution in [0.2, 0.25) is 0 Å². The van der Waals surface area contributed by atoms with Crippen molar-refractivity contribution in [3.8, 4) is 0 Å². The molecule has 0 fully saturated rings. The van der Waals surface area contributed by atoms with E-state index in [1.807, 2.05) is 20.5 Å². The summed E-state index contributed by atoms with van der Waals surface area (Å²) in [7, 11) is 0. The number of rotatable bonds is 4. The molecule has 0 aliphatic heterocycles. The van der Waals surface area contributed by atoms with Crippen LogP contribution in [0.15, 0.2) is 0 Å². The second-order valence-corrected chi connectivity index (χ2v) is 2.98. The summed E-state index contributed by atoms with van der Waals surface area (Å²) < 4.78 is 5.23. The Morgan fingerprint density at radius 3 is 2.11 bits per heavy atom. The van der Waals surface area contributed by atoms with Gasteiger partial charge in [-0.15, -0.1) is 0 Å². The zero-order chi connectivity index (χ0) is 7.28. The van der Waals surface area contributed by atoms with Gasteiger partial charge < -0.3 is 4.74 Å². The highest BCUT2D eigenvalue weighted by Gasteiger charge is 1.95. The zero-order valence-corrected chi connectivity index (χ0v) is 6.85. The molecular weight excluding hydrogens is 112 g/mol. The molecule has 0 aliphatic carbocycles. The fourth-order valence-electron chi connectivity index (χ4n) is 0.440. The molecule has 0 saturated heterocycles. The van der Waals surface area contributed by atoms with Crippen LogP contribution in [0.4, 0.5) is 0 Å². The van der Waals surface area contributed by atoms with Gasteiger partial charge in [0.1, 0.15) is 0 Å². The van der Waals surface area contributed by atoms with E-state index < -0.39 is 0 Å². The molecule has 0 aromatic rings. The van der Waals surface area contributed by atoms with Crippen molar-refractivity contribution >= 4 is 0 Å². The maximum Gasteiger partial charge on any atom is 0.0842 e. The molecule has 0 rings (SSSR count). The maximum absolute atomic E-state index is 5.23. The largest absolute Gasteiger partial charge is 0.373 e. The summed E-state index contributed by atoms with van der Waals surface area (Å²) in [6, 6.07) is 0. The van der Waals surface area contributed by atoms with Crippen molar-refractivity contribution in [1.29, 1.82) is 0 Å². The van der Waals surface area contributed by atoms with E-state index in [1.165, 1.54) is 0 Å². The maximum atomic E-state index is 5.23. The second-order valence-electron chi connectivity index (χ2n) is 2.98. The van der Waals surface area contributed by atoms with Crippen molar-refractivity contribution in [3.05, 3.63) is 6.61 Å². The highest BCUT2D eigenvalue weighted by Crippen LogP contribution is 2.04.